The number of methoxy groups -OCH3 is 1. The van der Waals surface area contributed by atoms with Gasteiger partial charge in [-0.3, -0.25) is 9.69 Å². The number of nitrogens with one attached hydrogen (secondary N) is 1. The average Bonchev–Trinajstić information content (AvgIpc) is 3.42. The lowest BCUT2D eigenvalue weighted by molar-refractivity contribution is -0.150. The smallest absolute Gasteiger partial charge is 0.410 e. The third-order valence-electron chi connectivity index (χ3n) is 6.47. The number of allylic oxidation sites excluding steroid dienone is 1. The molecule has 8 nitrogen and oxygen atoms in total. The lowest BCUT2D eigenvalue weighted by Gasteiger charge is -2.23. The van der Waals surface area contributed by atoms with Gasteiger partial charge in [0.05, 0.1) is 33.3 Å². The molecule has 0 aromatic heterocycles. The van der Waals surface area contributed by atoms with Gasteiger partial charge in [-0.1, -0.05) is 30.4 Å². The molecule has 184 valence electrons. The van der Waals surface area contributed by atoms with Gasteiger partial charge in [0, 0.05) is 19.4 Å². The zero-order chi connectivity index (χ0) is 24.3. The van der Waals surface area contributed by atoms with Crippen molar-refractivity contribution in [3.05, 3.63) is 41.0 Å². The number of nitrogens with zero attached hydrogens (tertiary/aromatic N) is 2. The zero-order valence-corrected chi connectivity index (χ0v) is 19.1. The van der Waals surface area contributed by atoms with Crippen LogP contribution in [0.2, 0.25) is 0 Å². The molecule has 0 saturated carbocycles. The molecule has 1 fully saturated rings. The molecule has 0 aliphatic carbocycles. The predicted octanol–water partition coefficient (Wildman–Crippen LogP) is 2.70. The highest BCUT2D eigenvalue weighted by Gasteiger charge is 2.43. The van der Waals surface area contributed by atoms with Crippen molar-refractivity contribution in [3.8, 4) is 0 Å². The molecule has 1 saturated heterocycles. The first-order chi connectivity index (χ1) is 16.3. The minimum atomic E-state index is -2.96. The van der Waals surface area contributed by atoms with Crippen LogP contribution >= 0.6 is 0 Å². The molecule has 2 amide bonds. The van der Waals surface area contributed by atoms with E-state index in [2.05, 4.69) is 5.32 Å². The predicted molar refractivity (Wildman–Crippen MR) is 119 cm³/mol. The Labute approximate surface area is 196 Å². The summed E-state index contributed by atoms with van der Waals surface area (Å²) in [5.74, 6) is -4.12. The first-order valence-corrected chi connectivity index (χ1v) is 11.5. The molecule has 2 atom stereocenters. The highest BCUT2D eigenvalue weighted by atomic mass is 19.3. The van der Waals surface area contributed by atoms with Crippen LogP contribution in [0.1, 0.15) is 42.4 Å². The Kier molecular flexibility index (Phi) is 7.16. The molecule has 1 aromatic carbocycles. The second kappa shape index (κ2) is 10.1. The van der Waals surface area contributed by atoms with Crippen molar-refractivity contribution in [3.63, 3.8) is 0 Å². The van der Waals surface area contributed by atoms with Crippen LogP contribution in [-0.4, -0.2) is 72.6 Å². The van der Waals surface area contributed by atoms with Crippen molar-refractivity contribution >= 4 is 24.0 Å². The fraction of sp³-hybridized carbons (Fsp3) is 0.542. The van der Waals surface area contributed by atoms with Gasteiger partial charge in [0.15, 0.2) is 0 Å². The first-order valence-electron chi connectivity index (χ1n) is 11.5. The van der Waals surface area contributed by atoms with Gasteiger partial charge in [0.2, 0.25) is 5.91 Å². The average molecular weight is 478 g/mol. The summed E-state index contributed by atoms with van der Waals surface area (Å²) in [4.78, 5) is 40.7. The normalized spacial score (nSPS) is 26.3. The summed E-state index contributed by atoms with van der Waals surface area (Å²) < 4.78 is 39.0. The van der Waals surface area contributed by atoms with E-state index in [1.54, 1.807) is 4.90 Å². The summed E-state index contributed by atoms with van der Waals surface area (Å²) in [6, 6.07) is 4.85. The molecule has 3 aliphatic heterocycles. The van der Waals surface area contributed by atoms with E-state index in [9.17, 15) is 23.2 Å². The third kappa shape index (κ3) is 5.38. The van der Waals surface area contributed by atoms with Gasteiger partial charge in [0.25, 0.3) is 5.92 Å². The van der Waals surface area contributed by atoms with Crippen LogP contribution in [0.25, 0.3) is 6.08 Å². The Morgan fingerprint density at radius 3 is 2.88 bits per heavy atom. The Bertz CT molecular complexity index is 983. The van der Waals surface area contributed by atoms with Crippen LogP contribution in [0.15, 0.2) is 24.3 Å². The number of esters is 1. The minimum Gasteiger partial charge on any atom is -0.467 e. The third-order valence-corrected chi connectivity index (χ3v) is 6.47. The first kappa shape index (κ1) is 24.1. The van der Waals surface area contributed by atoms with Crippen molar-refractivity contribution in [2.24, 2.45) is 0 Å². The highest BCUT2D eigenvalue weighted by molar-refractivity contribution is 5.86. The number of benzene rings is 1. The molecule has 10 heteroatoms. The molecule has 3 aliphatic rings. The number of hydrogen-bond acceptors (Lipinski definition) is 6. The van der Waals surface area contributed by atoms with Gasteiger partial charge in [0.1, 0.15) is 12.1 Å². The monoisotopic (exact) mass is 477 g/mol. The van der Waals surface area contributed by atoms with Crippen LogP contribution in [-0.2, 0) is 32.2 Å². The summed E-state index contributed by atoms with van der Waals surface area (Å²) in [6.07, 6.45) is 3.12. The second-order valence-corrected chi connectivity index (χ2v) is 8.92. The molecule has 1 N–H and O–H groups in total. The molecule has 0 spiro atoms. The topological polar surface area (TPSA) is 88.2 Å². The van der Waals surface area contributed by atoms with E-state index in [0.29, 0.717) is 25.9 Å². The van der Waals surface area contributed by atoms with Gasteiger partial charge in [-0.25, -0.2) is 18.4 Å². The summed E-state index contributed by atoms with van der Waals surface area (Å²) in [5, 5.41) is 2.51. The summed E-state index contributed by atoms with van der Waals surface area (Å²) >= 11 is 0. The van der Waals surface area contributed by atoms with E-state index in [1.165, 1.54) is 12.0 Å². The van der Waals surface area contributed by atoms with Crippen molar-refractivity contribution < 1.29 is 32.6 Å². The molecular weight excluding hydrogens is 448 g/mol. The van der Waals surface area contributed by atoms with E-state index in [1.807, 2.05) is 30.4 Å². The zero-order valence-electron chi connectivity index (χ0n) is 19.1. The van der Waals surface area contributed by atoms with Crippen LogP contribution in [0.5, 0.6) is 0 Å². The largest absolute Gasteiger partial charge is 0.467 e. The molecule has 0 radical (unpaired) electrons. The number of fused-ring (bicyclic) bond motifs is 3. The molecule has 4 bridgehead atoms. The number of halogens is 2. The lowest BCUT2D eigenvalue weighted by Crippen LogP contribution is -2.46. The number of ether oxygens (including phenoxy) is 2. The fourth-order valence-corrected chi connectivity index (χ4v) is 4.70. The van der Waals surface area contributed by atoms with Crippen molar-refractivity contribution in [2.45, 2.75) is 56.8 Å². The van der Waals surface area contributed by atoms with Gasteiger partial charge in [-0.05, 0) is 29.5 Å². The second-order valence-electron chi connectivity index (χ2n) is 8.92. The van der Waals surface area contributed by atoms with Crippen LogP contribution in [0, 0.1) is 0 Å². The van der Waals surface area contributed by atoms with E-state index in [4.69, 9.17) is 9.47 Å². The quantitative estimate of drug-likeness (QED) is 0.626. The summed E-state index contributed by atoms with van der Waals surface area (Å²) in [5.41, 5.74) is 2.95. The molecule has 3 heterocycles. The number of carbonyl (C=O) groups is 3. The molecule has 0 unspecified atom stereocenters. The number of hydrogen-bond donors (Lipinski definition) is 1. The maximum absolute atomic E-state index is 14.3. The van der Waals surface area contributed by atoms with E-state index < -0.39 is 42.6 Å². The lowest BCUT2D eigenvalue weighted by atomic mass is 10.0. The number of rotatable bonds is 1. The van der Waals surface area contributed by atoms with Gasteiger partial charge in [-0.2, -0.15) is 0 Å². The standard InChI is InChI=1S/C24H29F2N3O5/c1-33-22(31)20-10-18-13-29(20)21(30)11-27-15-24(25,26)9-4-2-3-6-16-7-5-8-17-12-28(14-19(16)17)23(32)34-18/h3,5-8,18,20,27H,2,4,9-15H2,1H3/b6-3-/t18-,20+/m1/s1. The van der Waals surface area contributed by atoms with Crippen molar-refractivity contribution in [1.29, 1.82) is 0 Å². The van der Waals surface area contributed by atoms with Crippen molar-refractivity contribution in [1.82, 2.24) is 15.1 Å². The fourth-order valence-electron chi connectivity index (χ4n) is 4.70. The number of amides is 2. The van der Waals surface area contributed by atoms with E-state index >= 15 is 0 Å². The van der Waals surface area contributed by atoms with Crippen molar-refractivity contribution in [2.75, 3.05) is 26.7 Å². The Morgan fingerprint density at radius 2 is 2.09 bits per heavy atom. The highest BCUT2D eigenvalue weighted by Crippen LogP contribution is 2.29. The Hall–Kier alpha value is -3.01. The van der Waals surface area contributed by atoms with E-state index in [0.717, 1.165) is 16.7 Å². The molecule has 34 heavy (non-hydrogen) atoms. The maximum Gasteiger partial charge on any atom is 0.410 e. The summed E-state index contributed by atoms with van der Waals surface area (Å²) in [7, 11) is 1.21. The Balaban J connectivity index is 1.55. The maximum atomic E-state index is 14.3. The van der Waals surface area contributed by atoms with Gasteiger partial charge in [-0.15, -0.1) is 0 Å². The molecule has 1 aromatic rings. The minimum absolute atomic E-state index is 0.00279. The van der Waals surface area contributed by atoms with Gasteiger partial charge >= 0.3 is 12.1 Å². The van der Waals surface area contributed by atoms with Gasteiger partial charge < -0.3 is 19.7 Å². The summed E-state index contributed by atoms with van der Waals surface area (Å²) in [6.45, 7) is -0.239. The molecule has 4 rings (SSSR count). The number of alkyl halides is 2. The molecular formula is C24H29F2N3O5. The van der Waals surface area contributed by atoms with Crippen LogP contribution in [0.4, 0.5) is 13.6 Å². The number of carbonyl (C=O) groups excluding carboxylic acids is 3. The van der Waals surface area contributed by atoms with Crippen LogP contribution in [0.3, 0.4) is 0 Å². The van der Waals surface area contributed by atoms with E-state index in [-0.39, 0.29) is 25.9 Å². The Morgan fingerprint density at radius 1 is 1.26 bits per heavy atom. The SMILES string of the molecule is COC(=O)[C@@H]1C[C@@H]2CN1C(=O)CNCC(F)(F)CCC/C=C\c1cccc3c1CN(C3)C(=O)O2. The van der Waals surface area contributed by atoms with Crippen LogP contribution < -0.4 is 5.32 Å².